The molecule has 0 radical (unpaired) electrons. The fourth-order valence-corrected chi connectivity index (χ4v) is 1.94. The summed E-state index contributed by atoms with van der Waals surface area (Å²) >= 11 is 1.87. The molecule has 1 aromatic rings. The van der Waals surface area contributed by atoms with Crippen LogP contribution in [-0.4, -0.2) is 17.5 Å². The molecule has 0 heterocycles. The second-order valence-corrected chi connectivity index (χ2v) is 4.57. The van der Waals surface area contributed by atoms with Crippen LogP contribution in [0.5, 0.6) is 0 Å². The molecular weight excluding hydrogens is 204 g/mol. The van der Waals surface area contributed by atoms with Crippen LogP contribution in [0.3, 0.4) is 0 Å². The van der Waals surface area contributed by atoms with Gasteiger partial charge in [0.25, 0.3) is 0 Å². The summed E-state index contributed by atoms with van der Waals surface area (Å²) in [6.45, 7) is 2.14. The molecule has 1 N–H and O–H groups in total. The Labute approximate surface area is 95.7 Å². The average molecular weight is 220 g/mol. The Morgan fingerprint density at radius 2 is 2.13 bits per heavy atom. The molecule has 0 saturated heterocycles. The van der Waals surface area contributed by atoms with Gasteiger partial charge in [0, 0.05) is 5.69 Å². The van der Waals surface area contributed by atoms with E-state index in [0.29, 0.717) is 0 Å². The number of nitriles is 1. The van der Waals surface area contributed by atoms with E-state index in [4.69, 9.17) is 5.26 Å². The minimum Gasteiger partial charge on any atom is -0.370 e. The lowest BCUT2D eigenvalue weighted by Crippen LogP contribution is -2.17. The topological polar surface area (TPSA) is 35.8 Å². The number of hydrogen-bond acceptors (Lipinski definition) is 3. The number of rotatable bonds is 6. The molecule has 1 aromatic carbocycles. The zero-order valence-corrected chi connectivity index (χ0v) is 9.76. The Morgan fingerprint density at radius 1 is 1.40 bits per heavy atom. The summed E-state index contributed by atoms with van der Waals surface area (Å²) in [6.07, 6.45) is 0.893. The summed E-state index contributed by atoms with van der Waals surface area (Å²) in [4.78, 5) is 0. The number of thioether (sulfide) groups is 1. The zero-order chi connectivity index (χ0) is 10.9. The van der Waals surface area contributed by atoms with E-state index >= 15 is 0 Å². The summed E-state index contributed by atoms with van der Waals surface area (Å²) in [6, 6.07) is 12.1. The van der Waals surface area contributed by atoms with Crippen molar-refractivity contribution in [3.05, 3.63) is 30.3 Å². The molecule has 0 amide bonds. The normalized spacial score (nSPS) is 11.7. The van der Waals surface area contributed by atoms with Crippen molar-refractivity contribution in [2.45, 2.75) is 19.4 Å². The van der Waals surface area contributed by atoms with E-state index in [2.05, 4.69) is 18.3 Å². The van der Waals surface area contributed by atoms with Crippen LogP contribution in [0.4, 0.5) is 5.69 Å². The van der Waals surface area contributed by atoms with Gasteiger partial charge in [-0.3, -0.25) is 0 Å². The Hall–Kier alpha value is -1.14. The number of nitrogens with zero attached hydrogens (tertiary/aromatic N) is 1. The Morgan fingerprint density at radius 3 is 2.73 bits per heavy atom. The predicted octanol–water partition coefficient (Wildman–Crippen LogP) is 3.13. The largest absolute Gasteiger partial charge is 0.370 e. The molecule has 2 nitrogen and oxygen atoms in total. The quantitative estimate of drug-likeness (QED) is 0.748. The number of benzene rings is 1. The van der Waals surface area contributed by atoms with E-state index in [9.17, 15) is 0 Å². The number of hydrogen-bond donors (Lipinski definition) is 1. The van der Waals surface area contributed by atoms with Gasteiger partial charge >= 0.3 is 0 Å². The highest BCUT2D eigenvalue weighted by Crippen LogP contribution is 2.10. The van der Waals surface area contributed by atoms with E-state index < -0.39 is 0 Å². The monoisotopic (exact) mass is 220 g/mol. The molecule has 0 saturated carbocycles. The summed E-state index contributed by atoms with van der Waals surface area (Å²) in [7, 11) is 0. The first kappa shape index (κ1) is 11.9. The van der Waals surface area contributed by atoms with Gasteiger partial charge in [0.05, 0.1) is 6.07 Å². The van der Waals surface area contributed by atoms with Gasteiger partial charge in [-0.05, 0) is 30.1 Å². The molecule has 1 rings (SSSR count). The molecule has 0 bridgehead atoms. The SMILES string of the molecule is CCSCCC(C#N)Nc1ccccc1. The molecule has 0 fully saturated rings. The standard InChI is InChI=1S/C12H16N2S/c1-2-15-9-8-12(10-13)14-11-6-4-3-5-7-11/h3-7,12,14H,2,8-9H2,1H3. The van der Waals surface area contributed by atoms with Crippen molar-refractivity contribution in [2.75, 3.05) is 16.8 Å². The van der Waals surface area contributed by atoms with Crippen molar-refractivity contribution in [1.29, 1.82) is 5.26 Å². The molecule has 80 valence electrons. The highest BCUT2D eigenvalue weighted by atomic mass is 32.2. The van der Waals surface area contributed by atoms with Crippen LogP contribution >= 0.6 is 11.8 Å². The third-order valence-electron chi connectivity index (χ3n) is 2.03. The third kappa shape index (κ3) is 4.75. The Balaban J connectivity index is 2.38. The van der Waals surface area contributed by atoms with Gasteiger partial charge in [-0.1, -0.05) is 25.1 Å². The lowest BCUT2D eigenvalue weighted by Gasteiger charge is -2.12. The van der Waals surface area contributed by atoms with Gasteiger partial charge in [-0.15, -0.1) is 0 Å². The van der Waals surface area contributed by atoms with E-state index in [1.807, 2.05) is 42.1 Å². The maximum atomic E-state index is 8.96. The van der Waals surface area contributed by atoms with Gasteiger partial charge < -0.3 is 5.32 Å². The van der Waals surface area contributed by atoms with Gasteiger partial charge in [-0.2, -0.15) is 17.0 Å². The van der Waals surface area contributed by atoms with Crippen molar-refractivity contribution < 1.29 is 0 Å². The predicted molar refractivity (Wildman–Crippen MR) is 67.1 cm³/mol. The molecule has 0 aromatic heterocycles. The molecule has 0 spiro atoms. The third-order valence-corrected chi connectivity index (χ3v) is 2.96. The van der Waals surface area contributed by atoms with Crippen LogP contribution < -0.4 is 5.32 Å². The van der Waals surface area contributed by atoms with Crippen LogP contribution in [-0.2, 0) is 0 Å². The lowest BCUT2D eigenvalue weighted by atomic mass is 10.2. The summed E-state index contributed by atoms with van der Waals surface area (Å²) in [5.74, 6) is 2.15. The lowest BCUT2D eigenvalue weighted by molar-refractivity contribution is 0.854. The van der Waals surface area contributed by atoms with Gasteiger partial charge in [-0.25, -0.2) is 0 Å². The van der Waals surface area contributed by atoms with Crippen LogP contribution in [0.25, 0.3) is 0 Å². The molecule has 1 unspecified atom stereocenters. The first-order chi connectivity index (χ1) is 7.36. The van der Waals surface area contributed by atoms with E-state index in [0.717, 1.165) is 23.6 Å². The fourth-order valence-electron chi connectivity index (χ4n) is 1.25. The van der Waals surface area contributed by atoms with Crippen LogP contribution in [0.2, 0.25) is 0 Å². The second kappa shape index (κ2) is 7.19. The molecule has 15 heavy (non-hydrogen) atoms. The van der Waals surface area contributed by atoms with Crippen molar-refractivity contribution in [2.24, 2.45) is 0 Å². The highest BCUT2D eigenvalue weighted by Gasteiger charge is 2.05. The first-order valence-corrected chi connectivity index (χ1v) is 6.31. The van der Waals surface area contributed by atoms with Crippen LogP contribution in [0.1, 0.15) is 13.3 Å². The summed E-state index contributed by atoms with van der Waals surface area (Å²) in [5, 5.41) is 12.2. The molecule has 3 heteroatoms. The van der Waals surface area contributed by atoms with Gasteiger partial charge in [0.15, 0.2) is 0 Å². The minimum atomic E-state index is -0.0774. The smallest absolute Gasteiger partial charge is 0.115 e. The Kier molecular flexibility index (Phi) is 5.72. The van der Waals surface area contributed by atoms with E-state index in [1.54, 1.807) is 0 Å². The maximum Gasteiger partial charge on any atom is 0.115 e. The van der Waals surface area contributed by atoms with Crippen LogP contribution in [0, 0.1) is 11.3 Å². The van der Waals surface area contributed by atoms with Crippen LogP contribution in [0.15, 0.2) is 30.3 Å². The first-order valence-electron chi connectivity index (χ1n) is 5.15. The number of para-hydroxylation sites is 1. The molecule has 1 atom stereocenters. The van der Waals surface area contributed by atoms with Crippen molar-refractivity contribution in [3.63, 3.8) is 0 Å². The summed E-state index contributed by atoms with van der Waals surface area (Å²) < 4.78 is 0. The van der Waals surface area contributed by atoms with E-state index in [-0.39, 0.29) is 6.04 Å². The molecule has 0 aliphatic heterocycles. The van der Waals surface area contributed by atoms with Crippen molar-refractivity contribution in [3.8, 4) is 6.07 Å². The van der Waals surface area contributed by atoms with Crippen molar-refractivity contribution in [1.82, 2.24) is 0 Å². The fraction of sp³-hybridized carbons (Fsp3) is 0.417. The zero-order valence-electron chi connectivity index (χ0n) is 8.94. The second-order valence-electron chi connectivity index (χ2n) is 3.18. The highest BCUT2D eigenvalue weighted by molar-refractivity contribution is 7.99. The van der Waals surface area contributed by atoms with E-state index in [1.165, 1.54) is 0 Å². The molecule has 0 aliphatic carbocycles. The minimum absolute atomic E-state index is 0.0774. The average Bonchev–Trinajstić information content (AvgIpc) is 2.29. The number of anilines is 1. The maximum absolute atomic E-state index is 8.96. The molecule has 0 aliphatic rings. The summed E-state index contributed by atoms with van der Waals surface area (Å²) in [5.41, 5.74) is 1.02. The Bertz CT molecular complexity index is 305. The van der Waals surface area contributed by atoms with Gasteiger partial charge in [0.1, 0.15) is 6.04 Å². The number of nitrogens with one attached hydrogen (secondary N) is 1. The van der Waals surface area contributed by atoms with Crippen molar-refractivity contribution >= 4 is 17.4 Å². The van der Waals surface area contributed by atoms with Gasteiger partial charge in [0.2, 0.25) is 0 Å². The molecular formula is C12H16N2S.